The molecule has 0 unspecified atom stereocenters. The number of aromatic amines is 1. The van der Waals surface area contributed by atoms with Crippen molar-refractivity contribution in [3.8, 4) is 11.5 Å². The molecule has 2 aromatic carbocycles. The number of H-pyrrole nitrogens is 1. The van der Waals surface area contributed by atoms with Crippen LogP contribution >= 0.6 is 0 Å². The number of fused-ring (bicyclic) bond motifs is 1. The lowest BCUT2D eigenvalue weighted by molar-refractivity contribution is -0.126. The Balaban J connectivity index is 1.40. The summed E-state index contributed by atoms with van der Waals surface area (Å²) in [7, 11) is 1.66. The van der Waals surface area contributed by atoms with Gasteiger partial charge in [-0.25, -0.2) is 0 Å². The first-order valence-corrected chi connectivity index (χ1v) is 10.2. The van der Waals surface area contributed by atoms with Gasteiger partial charge in [-0.1, -0.05) is 18.2 Å². The molecule has 0 atom stereocenters. The molecule has 7 heteroatoms. The summed E-state index contributed by atoms with van der Waals surface area (Å²) < 4.78 is 35.0. The fraction of sp³-hybridized carbons (Fsp3) is 0.292. The van der Waals surface area contributed by atoms with Gasteiger partial charge in [0.15, 0.2) is 0 Å². The first kappa shape index (κ1) is 20.9. The van der Waals surface area contributed by atoms with Gasteiger partial charge in [0.05, 0.1) is 7.11 Å². The maximum Gasteiger partial charge on any atom is 0.387 e. The Hall–Kier alpha value is -3.35. The molecule has 0 spiro atoms. The molecule has 0 saturated carbocycles. The van der Waals surface area contributed by atoms with E-state index in [-0.39, 0.29) is 11.7 Å². The third-order valence-electron chi connectivity index (χ3n) is 5.71. The number of carbonyl (C=O) groups excluding carboxylic acids is 1. The van der Waals surface area contributed by atoms with E-state index >= 15 is 0 Å². The average molecular weight is 426 g/mol. The maximum absolute atomic E-state index is 12.6. The Morgan fingerprint density at radius 2 is 1.97 bits per heavy atom. The molecule has 0 radical (unpaired) electrons. The number of piperidine rings is 1. The van der Waals surface area contributed by atoms with Crippen LogP contribution in [0.15, 0.2) is 54.7 Å². The molecule has 1 aromatic heterocycles. The molecule has 5 nitrogen and oxygen atoms in total. The van der Waals surface area contributed by atoms with E-state index in [1.165, 1.54) is 23.8 Å². The van der Waals surface area contributed by atoms with Crippen LogP contribution in [0, 0.1) is 0 Å². The van der Waals surface area contributed by atoms with Crippen LogP contribution in [0.2, 0.25) is 0 Å². The highest BCUT2D eigenvalue weighted by molar-refractivity contribution is 5.92. The molecule has 0 aliphatic carbocycles. The fourth-order valence-corrected chi connectivity index (χ4v) is 4.08. The zero-order valence-corrected chi connectivity index (χ0v) is 17.2. The summed E-state index contributed by atoms with van der Waals surface area (Å²) >= 11 is 0. The van der Waals surface area contributed by atoms with E-state index in [1.807, 2.05) is 24.4 Å². The fourth-order valence-electron chi connectivity index (χ4n) is 4.08. The van der Waals surface area contributed by atoms with Crippen molar-refractivity contribution in [2.75, 3.05) is 20.2 Å². The van der Waals surface area contributed by atoms with Crippen LogP contribution < -0.4 is 9.47 Å². The van der Waals surface area contributed by atoms with E-state index < -0.39 is 6.61 Å². The summed E-state index contributed by atoms with van der Waals surface area (Å²) in [6.07, 6.45) is 6.71. The third kappa shape index (κ3) is 4.71. The molecule has 1 amide bonds. The Bertz CT molecular complexity index is 1090. The number of para-hydroxylation sites is 1. The van der Waals surface area contributed by atoms with Crippen molar-refractivity contribution < 1.29 is 23.0 Å². The monoisotopic (exact) mass is 426 g/mol. The van der Waals surface area contributed by atoms with Crippen LogP contribution in [0.3, 0.4) is 0 Å². The van der Waals surface area contributed by atoms with Gasteiger partial charge in [-0.3, -0.25) is 4.79 Å². The van der Waals surface area contributed by atoms with E-state index in [0.717, 1.165) is 29.5 Å². The number of ether oxygens (including phenoxy) is 2. The number of alkyl halides is 2. The van der Waals surface area contributed by atoms with Gasteiger partial charge in [-0.05, 0) is 54.7 Å². The summed E-state index contributed by atoms with van der Waals surface area (Å²) in [6, 6.07) is 12.4. The number of rotatable bonds is 6. The summed E-state index contributed by atoms with van der Waals surface area (Å²) in [5.74, 6) is 1.09. The number of amides is 1. The second-order valence-electron chi connectivity index (χ2n) is 7.50. The number of carbonyl (C=O) groups is 1. The van der Waals surface area contributed by atoms with Gasteiger partial charge in [0.25, 0.3) is 0 Å². The zero-order valence-electron chi connectivity index (χ0n) is 17.2. The number of halogens is 2. The molecular formula is C24H24F2N2O3. The van der Waals surface area contributed by atoms with Crippen molar-refractivity contribution in [1.29, 1.82) is 0 Å². The van der Waals surface area contributed by atoms with Gasteiger partial charge in [0, 0.05) is 41.8 Å². The lowest BCUT2D eigenvalue weighted by Gasteiger charge is -2.31. The topological polar surface area (TPSA) is 54.6 Å². The quantitative estimate of drug-likeness (QED) is 0.552. The molecule has 2 heterocycles. The van der Waals surface area contributed by atoms with Crippen molar-refractivity contribution in [3.05, 3.63) is 65.9 Å². The number of hydrogen-bond donors (Lipinski definition) is 1. The molecular weight excluding hydrogens is 402 g/mol. The first-order chi connectivity index (χ1) is 15.0. The maximum atomic E-state index is 12.6. The number of nitrogens with zero attached hydrogens (tertiary/aromatic N) is 1. The molecule has 31 heavy (non-hydrogen) atoms. The Morgan fingerprint density at radius 1 is 1.19 bits per heavy atom. The molecule has 0 bridgehead atoms. The SMILES string of the molecule is COc1ccc2[nH]cc(C3CCN(C(=O)/C=C/c4ccccc4OC(F)F)CC3)c2c1. The smallest absolute Gasteiger partial charge is 0.387 e. The number of nitrogens with one attached hydrogen (secondary N) is 1. The number of methoxy groups -OCH3 is 1. The van der Waals surface area contributed by atoms with Gasteiger partial charge in [-0.2, -0.15) is 8.78 Å². The van der Waals surface area contributed by atoms with Crippen LogP contribution in [0.4, 0.5) is 8.78 Å². The number of aromatic nitrogens is 1. The molecule has 1 saturated heterocycles. The molecule has 162 valence electrons. The minimum absolute atomic E-state index is 0.0509. The van der Waals surface area contributed by atoms with E-state index in [0.29, 0.717) is 24.6 Å². The van der Waals surface area contributed by atoms with Crippen LogP contribution in [-0.4, -0.2) is 42.6 Å². The summed E-state index contributed by atoms with van der Waals surface area (Å²) in [5.41, 5.74) is 2.76. The minimum atomic E-state index is -2.91. The Labute approximate surface area is 179 Å². The third-order valence-corrected chi connectivity index (χ3v) is 5.71. The molecule has 1 fully saturated rings. The number of likely N-dealkylation sites (tertiary alicyclic amines) is 1. The molecule has 4 rings (SSSR count). The highest BCUT2D eigenvalue weighted by Gasteiger charge is 2.24. The Kier molecular flexibility index (Phi) is 6.21. The molecule has 1 aliphatic heterocycles. The number of hydrogen-bond acceptors (Lipinski definition) is 3. The van der Waals surface area contributed by atoms with Gasteiger partial charge < -0.3 is 19.4 Å². The van der Waals surface area contributed by atoms with Crippen molar-refractivity contribution in [2.24, 2.45) is 0 Å². The first-order valence-electron chi connectivity index (χ1n) is 10.2. The Morgan fingerprint density at radius 3 is 2.71 bits per heavy atom. The van der Waals surface area contributed by atoms with Gasteiger partial charge in [0.2, 0.25) is 5.91 Å². The summed E-state index contributed by atoms with van der Waals surface area (Å²) in [4.78, 5) is 17.7. The van der Waals surface area contributed by atoms with Gasteiger partial charge in [0.1, 0.15) is 11.5 Å². The van der Waals surface area contributed by atoms with Crippen LogP contribution in [0.1, 0.15) is 29.9 Å². The normalized spacial score (nSPS) is 15.2. The largest absolute Gasteiger partial charge is 0.497 e. The predicted octanol–water partition coefficient (Wildman–Crippen LogP) is 5.20. The minimum Gasteiger partial charge on any atom is -0.497 e. The van der Waals surface area contributed by atoms with Gasteiger partial charge >= 0.3 is 6.61 Å². The van der Waals surface area contributed by atoms with Crippen LogP contribution in [0.5, 0.6) is 11.5 Å². The summed E-state index contributed by atoms with van der Waals surface area (Å²) in [6.45, 7) is -1.63. The number of benzene rings is 2. The van der Waals surface area contributed by atoms with Crippen molar-refractivity contribution in [3.63, 3.8) is 0 Å². The van der Waals surface area contributed by atoms with E-state index in [2.05, 4.69) is 9.72 Å². The van der Waals surface area contributed by atoms with Gasteiger partial charge in [-0.15, -0.1) is 0 Å². The lowest BCUT2D eigenvalue weighted by atomic mass is 9.89. The van der Waals surface area contributed by atoms with E-state index in [9.17, 15) is 13.6 Å². The zero-order chi connectivity index (χ0) is 21.8. The standard InChI is InChI=1S/C24H24F2N2O3/c1-30-18-7-8-21-19(14-18)20(15-27-21)16-10-12-28(13-11-16)23(29)9-6-17-4-2-3-5-22(17)31-24(25)26/h2-9,14-16,24,27H,10-13H2,1H3/b9-6+. The van der Waals surface area contributed by atoms with Crippen LogP contribution in [-0.2, 0) is 4.79 Å². The predicted molar refractivity (Wildman–Crippen MR) is 116 cm³/mol. The van der Waals surface area contributed by atoms with E-state index in [4.69, 9.17) is 4.74 Å². The highest BCUT2D eigenvalue weighted by atomic mass is 19.3. The highest BCUT2D eigenvalue weighted by Crippen LogP contribution is 2.34. The van der Waals surface area contributed by atoms with Crippen molar-refractivity contribution >= 4 is 22.9 Å². The molecule has 3 aromatic rings. The van der Waals surface area contributed by atoms with Crippen molar-refractivity contribution in [2.45, 2.75) is 25.4 Å². The second kappa shape index (κ2) is 9.20. The molecule has 1 aliphatic rings. The van der Waals surface area contributed by atoms with Crippen molar-refractivity contribution in [1.82, 2.24) is 9.88 Å². The van der Waals surface area contributed by atoms with Crippen LogP contribution in [0.25, 0.3) is 17.0 Å². The summed E-state index contributed by atoms with van der Waals surface area (Å²) in [5, 5.41) is 1.15. The average Bonchev–Trinajstić information content (AvgIpc) is 3.21. The lowest BCUT2D eigenvalue weighted by Crippen LogP contribution is -2.36. The molecule has 1 N–H and O–H groups in total. The second-order valence-corrected chi connectivity index (χ2v) is 7.50. The van der Waals surface area contributed by atoms with E-state index in [1.54, 1.807) is 30.2 Å².